The van der Waals surface area contributed by atoms with Crippen LogP contribution in [-0.2, 0) is 14.3 Å². The molecule has 152 valence electrons. The molecular formula is C18H17ClN4O5S. The second-order valence-electron chi connectivity index (χ2n) is 5.70. The lowest BCUT2D eigenvalue weighted by molar-refractivity contribution is -0.137. The van der Waals surface area contributed by atoms with Crippen molar-refractivity contribution in [2.45, 2.75) is 4.90 Å². The Morgan fingerprint density at radius 3 is 2.62 bits per heavy atom. The first-order chi connectivity index (χ1) is 13.9. The topological polar surface area (TPSA) is 119 Å². The largest absolute Gasteiger partial charge is 0.494 e. The van der Waals surface area contributed by atoms with Gasteiger partial charge in [-0.15, -0.1) is 11.8 Å². The van der Waals surface area contributed by atoms with E-state index in [1.54, 1.807) is 18.2 Å². The molecule has 11 heteroatoms. The van der Waals surface area contributed by atoms with Crippen molar-refractivity contribution >= 4 is 51.9 Å². The van der Waals surface area contributed by atoms with E-state index in [0.29, 0.717) is 32.9 Å². The summed E-state index contributed by atoms with van der Waals surface area (Å²) >= 11 is 7.26. The third-order valence-corrected chi connectivity index (χ3v) is 5.27. The number of thioether (sulfide) groups is 1. The Morgan fingerprint density at radius 1 is 1.21 bits per heavy atom. The lowest BCUT2D eigenvalue weighted by atomic mass is 10.2. The summed E-state index contributed by atoms with van der Waals surface area (Å²) in [6, 6.07) is 4.90. The summed E-state index contributed by atoms with van der Waals surface area (Å²) in [5.41, 5.74) is 7.62. The van der Waals surface area contributed by atoms with Crippen LogP contribution >= 0.6 is 23.4 Å². The molecule has 2 N–H and O–H groups in total. The maximum absolute atomic E-state index is 12.2. The number of nitrogens with zero attached hydrogens (tertiary/aromatic N) is 3. The van der Waals surface area contributed by atoms with E-state index in [-0.39, 0.29) is 22.6 Å². The summed E-state index contributed by atoms with van der Waals surface area (Å²) in [5, 5.41) is 5.07. The highest BCUT2D eigenvalue weighted by Gasteiger charge is 2.22. The van der Waals surface area contributed by atoms with Gasteiger partial charge in [0, 0.05) is 28.9 Å². The number of hydrogen-bond donors (Lipinski definition) is 1. The van der Waals surface area contributed by atoms with Gasteiger partial charge in [0.15, 0.2) is 5.69 Å². The van der Waals surface area contributed by atoms with E-state index in [9.17, 15) is 9.59 Å². The normalized spacial score (nSPS) is 10.8. The van der Waals surface area contributed by atoms with E-state index in [0.717, 1.165) is 0 Å². The quantitative estimate of drug-likeness (QED) is 0.269. The molecule has 0 spiro atoms. The van der Waals surface area contributed by atoms with E-state index in [4.69, 9.17) is 26.8 Å². The molecule has 2 heterocycles. The number of carbonyl (C=O) groups excluding carboxylic acids is 2. The van der Waals surface area contributed by atoms with E-state index in [2.05, 4.69) is 14.8 Å². The Kier molecular flexibility index (Phi) is 6.14. The SMILES string of the molecule is COC(=O)CSc1cc(-n2nc(C(=O)OC)c3cnc(Cl)cc32)c(OC)cc1N. The monoisotopic (exact) mass is 436 g/mol. The van der Waals surface area contributed by atoms with Crippen LogP contribution in [0.1, 0.15) is 10.5 Å². The molecule has 0 bridgehead atoms. The van der Waals surface area contributed by atoms with Crippen molar-refractivity contribution in [3.8, 4) is 11.4 Å². The third kappa shape index (κ3) is 4.08. The summed E-state index contributed by atoms with van der Waals surface area (Å²) in [6.45, 7) is 0. The number of carbonyl (C=O) groups is 2. The zero-order valence-corrected chi connectivity index (χ0v) is 17.3. The third-order valence-electron chi connectivity index (χ3n) is 4.02. The number of esters is 2. The molecular weight excluding hydrogens is 420 g/mol. The molecule has 0 fully saturated rings. The number of nitrogens with two attached hydrogens (primary N) is 1. The molecule has 3 rings (SSSR count). The number of aromatic nitrogens is 3. The van der Waals surface area contributed by atoms with Crippen molar-refractivity contribution in [1.29, 1.82) is 0 Å². The Hall–Kier alpha value is -2.98. The van der Waals surface area contributed by atoms with Crippen LogP contribution in [0.4, 0.5) is 5.69 Å². The number of anilines is 1. The lowest BCUT2D eigenvalue weighted by Crippen LogP contribution is -2.07. The summed E-state index contributed by atoms with van der Waals surface area (Å²) in [5.74, 6) is -0.511. The fourth-order valence-electron chi connectivity index (χ4n) is 2.63. The van der Waals surface area contributed by atoms with Crippen molar-refractivity contribution in [3.63, 3.8) is 0 Å². The van der Waals surface area contributed by atoms with Gasteiger partial charge >= 0.3 is 11.9 Å². The van der Waals surface area contributed by atoms with Gasteiger partial charge in [0.1, 0.15) is 16.6 Å². The van der Waals surface area contributed by atoms with Gasteiger partial charge in [-0.2, -0.15) is 5.10 Å². The summed E-state index contributed by atoms with van der Waals surface area (Å²) in [4.78, 5) is 28.3. The first kappa shape index (κ1) is 20.7. The Morgan fingerprint density at radius 2 is 1.97 bits per heavy atom. The minimum absolute atomic E-state index is 0.0781. The molecule has 0 atom stereocenters. The maximum atomic E-state index is 12.2. The second kappa shape index (κ2) is 8.58. The number of benzene rings is 1. The van der Waals surface area contributed by atoms with Gasteiger partial charge in [0.05, 0.1) is 38.0 Å². The minimum Gasteiger partial charge on any atom is -0.494 e. The molecule has 3 aromatic rings. The highest BCUT2D eigenvalue weighted by Crippen LogP contribution is 2.36. The molecule has 29 heavy (non-hydrogen) atoms. The number of nitrogen functional groups attached to an aromatic ring is 1. The lowest BCUT2D eigenvalue weighted by Gasteiger charge is -2.14. The molecule has 0 radical (unpaired) electrons. The molecule has 0 saturated heterocycles. The van der Waals surface area contributed by atoms with Crippen LogP contribution in [0.2, 0.25) is 5.15 Å². The Bertz CT molecular complexity index is 1100. The highest BCUT2D eigenvalue weighted by molar-refractivity contribution is 8.00. The van der Waals surface area contributed by atoms with Gasteiger partial charge in [0.2, 0.25) is 0 Å². The number of hydrogen-bond acceptors (Lipinski definition) is 9. The first-order valence-electron chi connectivity index (χ1n) is 8.19. The van der Waals surface area contributed by atoms with Crippen molar-refractivity contribution in [1.82, 2.24) is 14.8 Å². The Balaban J connectivity index is 2.21. The Labute approximate surface area is 175 Å². The van der Waals surface area contributed by atoms with Gasteiger partial charge in [0.25, 0.3) is 0 Å². The van der Waals surface area contributed by atoms with Gasteiger partial charge in [-0.3, -0.25) is 4.79 Å². The van der Waals surface area contributed by atoms with E-state index in [1.165, 1.54) is 44.0 Å². The van der Waals surface area contributed by atoms with Crippen LogP contribution in [0.5, 0.6) is 5.75 Å². The molecule has 2 aromatic heterocycles. The molecule has 0 amide bonds. The molecule has 0 saturated carbocycles. The summed E-state index contributed by atoms with van der Waals surface area (Å²) in [6.07, 6.45) is 1.45. The van der Waals surface area contributed by atoms with Crippen LogP contribution in [0.25, 0.3) is 16.6 Å². The minimum atomic E-state index is -0.618. The average molecular weight is 437 g/mol. The number of pyridine rings is 1. The van der Waals surface area contributed by atoms with Gasteiger partial charge in [-0.25, -0.2) is 14.5 Å². The highest BCUT2D eigenvalue weighted by atomic mass is 35.5. The van der Waals surface area contributed by atoms with E-state index >= 15 is 0 Å². The predicted molar refractivity (Wildman–Crippen MR) is 109 cm³/mol. The van der Waals surface area contributed by atoms with Crippen LogP contribution in [0, 0.1) is 0 Å². The predicted octanol–water partition coefficient (Wildman–Crippen LogP) is 2.72. The molecule has 0 aliphatic heterocycles. The number of methoxy groups -OCH3 is 3. The van der Waals surface area contributed by atoms with Crippen LogP contribution in [0.15, 0.2) is 29.3 Å². The van der Waals surface area contributed by atoms with Crippen LogP contribution < -0.4 is 10.5 Å². The van der Waals surface area contributed by atoms with E-state index in [1.807, 2.05) is 0 Å². The standard InChI is InChI=1S/C18H17ClN4O5S/c1-26-13-4-10(20)14(29-8-16(24)27-2)5-12(13)23-11-6-15(19)21-7-9(11)17(22-23)18(25)28-3/h4-7H,8,20H2,1-3H3. The van der Waals surface area contributed by atoms with Crippen molar-refractivity contribution < 1.29 is 23.8 Å². The van der Waals surface area contributed by atoms with E-state index < -0.39 is 5.97 Å². The van der Waals surface area contributed by atoms with Crippen molar-refractivity contribution in [2.75, 3.05) is 32.8 Å². The molecule has 0 aliphatic rings. The molecule has 9 nitrogen and oxygen atoms in total. The molecule has 0 aliphatic carbocycles. The zero-order valence-electron chi connectivity index (χ0n) is 15.8. The smallest absolute Gasteiger partial charge is 0.359 e. The zero-order chi connectivity index (χ0) is 21.1. The van der Waals surface area contributed by atoms with Gasteiger partial charge in [-0.05, 0) is 6.07 Å². The number of fused-ring (bicyclic) bond motifs is 1. The second-order valence-corrected chi connectivity index (χ2v) is 7.11. The number of ether oxygens (including phenoxy) is 3. The fourth-order valence-corrected chi connectivity index (χ4v) is 3.60. The number of rotatable bonds is 6. The summed E-state index contributed by atoms with van der Waals surface area (Å²) < 4.78 is 16.4. The maximum Gasteiger partial charge on any atom is 0.359 e. The fraction of sp³-hybridized carbons (Fsp3) is 0.222. The van der Waals surface area contributed by atoms with Gasteiger partial charge in [-0.1, -0.05) is 11.6 Å². The summed E-state index contributed by atoms with van der Waals surface area (Å²) in [7, 11) is 4.07. The average Bonchev–Trinajstić information content (AvgIpc) is 3.10. The van der Waals surface area contributed by atoms with Crippen LogP contribution in [-0.4, -0.2) is 53.8 Å². The van der Waals surface area contributed by atoms with Crippen LogP contribution in [0.3, 0.4) is 0 Å². The van der Waals surface area contributed by atoms with Gasteiger partial charge < -0.3 is 19.9 Å². The first-order valence-corrected chi connectivity index (χ1v) is 9.56. The molecule has 0 unspecified atom stereocenters. The van der Waals surface area contributed by atoms with Crippen molar-refractivity contribution in [2.24, 2.45) is 0 Å². The van der Waals surface area contributed by atoms with Crippen molar-refractivity contribution in [3.05, 3.63) is 35.2 Å². The molecule has 1 aromatic carbocycles. The number of halogens is 1.